The quantitative estimate of drug-likeness (QED) is 0.512. The summed E-state index contributed by atoms with van der Waals surface area (Å²) in [6, 6.07) is 18.5. The van der Waals surface area contributed by atoms with Gasteiger partial charge in [0.25, 0.3) is 15.9 Å². The molecule has 0 aromatic heterocycles. The summed E-state index contributed by atoms with van der Waals surface area (Å²) in [4.78, 5) is 13.1. The van der Waals surface area contributed by atoms with E-state index < -0.39 is 10.0 Å². The fraction of sp³-hybridized carbons (Fsp3) is 0.269. The number of ether oxygens (including phenoxy) is 2. The van der Waals surface area contributed by atoms with E-state index in [4.69, 9.17) is 9.47 Å². The lowest BCUT2D eigenvalue weighted by atomic mass is 9.95. The summed E-state index contributed by atoms with van der Waals surface area (Å²) >= 11 is 0. The Labute approximate surface area is 200 Å². The van der Waals surface area contributed by atoms with Gasteiger partial charge in [-0.15, -0.1) is 0 Å². The van der Waals surface area contributed by atoms with Crippen LogP contribution in [0.25, 0.3) is 0 Å². The minimum atomic E-state index is -3.77. The van der Waals surface area contributed by atoms with Crippen molar-refractivity contribution in [1.82, 2.24) is 5.32 Å². The topological polar surface area (TPSA) is 93.7 Å². The summed E-state index contributed by atoms with van der Waals surface area (Å²) in [7, 11) is -3.77. The van der Waals surface area contributed by atoms with E-state index in [9.17, 15) is 13.2 Å². The SMILES string of the molecule is Cc1ccccc1NS(=O)(=O)c1ccc(C(=O)NC(c2ccc3c(c2)OCCO3)C(C)C)cc1. The number of benzene rings is 3. The summed E-state index contributed by atoms with van der Waals surface area (Å²) < 4.78 is 39.4. The Morgan fingerprint density at radius 1 is 0.912 bits per heavy atom. The van der Waals surface area contributed by atoms with Gasteiger partial charge in [-0.05, 0) is 66.4 Å². The third-order valence-corrected chi connectivity index (χ3v) is 7.08. The van der Waals surface area contributed by atoms with Crippen molar-refractivity contribution < 1.29 is 22.7 Å². The first-order valence-corrected chi connectivity index (χ1v) is 12.6. The molecule has 0 spiro atoms. The molecule has 1 aliphatic rings. The van der Waals surface area contributed by atoms with E-state index in [1.807, 2.05) is 51.1 Å². The summed E-state index contributed by atoms with van der Waals surface area (Å²) in [5.41, 5.74) is 2.62. The monoisotopic (exact) mass is 480 g/mol. The molecule has 0 aliphatic carbocycles. The molecule has 0 radical (unpaired) electrons. The lowest BCUT2D eigenvalue weighted by Gasteiger charge is -2.25. The van der Waals surface area contributed by atoms with Crippen molar-refractivity contribution in [3.8, 4) is 11.5 Å². The van der Waals surface area contributed by atoms with Crippen molar-refractivity contribution in [3.63, 3.8) is 0 Å². The lowest BCUT2D eigenvalue weighted by Crippen LogP contribution is -2.32. The lowest BCUT2D eigenvalue weighted by molar-refractivity contribution is 0.0925. The van der Waals surface area contributed by atoms with Gasteiger partial charge >= 0.3 is 0 Å². The molecule has 2 N–H and O–H groups in total. The fourth-order valence-corrected chi connectivity index (χ4v) is 4.92. The Balaban J connectivity index is 1.50. The second-order valence-corrected chi connectivity index (χ2v) is 10.2. The maximum atomic E-state index is 13.0. The van der Waals surface area contributed by atoms with E-state index in [2.05, 4.69) is 10.0 Å². The highest BCUT2D eigenvalue weighted by molar-refractivity contribution is 7.92. The molecule has 3 aromatic carbocycles. The van der Waals surface area contributed by atoms with Crippen molar-refractivity contribution in [1.29, 1.82) is 0 Å². The summed E-state index contributed by atoms with van der Waals surface area (Å²) in [6.07, 6.45) is 0. The van der Waals surface area contributed by atoms with Gasteiger partial charge in [0.2, 0.25) is 0 Å². The minimum absolute atomic E-state index is 0.0829. The van der Waals surface area contributed by atoms with Gasteiger partial charge in [0.15, 0.2) is 11.5 Å². The van der Waals surface area contributed by atoms with E-state index in [0.29, 0.717) is 36.0 Å². The van der Waals surface area contributed by atoms with Crippen LogP contribution < -0.4 is 19.5 Å². The van der Waals surface area contributed by atoms with Crippen LogP contribution >= 0.6 is 0 Å². The van der Waals surface area contributed by atoms with E-state index >= 15 is 0 Å². The smallest absolute Gasteiger partial charge is 0.261 e. The molecule has 4 rings (SSSR count). The number of para-hydroxylation sites is 1. The molecular formula is C26H28N2O5S. The van der Waals surface area contributed by atoms with Crippen LogP contribution in [0.4, 0.5) is 5.69 Å². The van der Waals surface area contributed by atoms with Gasteiger partial charge in [-0.1, -0.05) is 38.1 Å². The van der Waals surface area contributed by atoms with Crippen LogP contribution in [0.5, 0.6) is 11.5 Å². The maximum Gasteiger partial charge on any atom is 0.261 e. The van der Waals surface area contributed by atoms with Crippen LogP contribution in [0.15, 0.2) is 71.6 Å². The molecule has 178 valence electrons. The van der Waals surface area contributed by atoms with Crippen LogP contribution in [-0.2, 0) is 10.0 Å². The molecule has 0 bridgehead atoms. The van der Waals surface area contributed by atoms with E-state index in [1.54, 1.807) is 12.1 Å². The molecule has 0 saturated heterocycles. The van der Waals surface area contributed by atoms with Crippen molar-refractivity contribution in [2.75, 3.05) is 17.9 Å². The van der Waals surface area contributed by atoms with Crippen molar-refractivity contribution in [2.24, 2.45) is 5.92 Å². The number of hydrogen-bond acceptors (Lipinski definition) is 5. The number of fused-ring (bicyclic) bond motifs is 1. The molecule has 34 heavy (non-hydrogen) atoms. The number of hydrogen-bond donors (Lipinski definition) is 2. The van der Waals surface area contributed by atoms with E-state index in [0.717, 1.165) is 11.1 Å². The van der Waals surface area contributed by atoms with Crippen LogP contribution in [0.3, 0.4) is 0 Å². The van der Waals surface area contributed by atoms with Crippen LogP contribution in [0, 0.1) is 12.8 Å². The predicted octanol–water partition coefficient (Wildman–Crippen LogP) is 4.69. The minimum Gasteiger partial charge on any atom is -0.486 e. The first-order valence-electron chi connectivity index (χ1n) is 11.1. The van der Waals surface area contributed by atoms with Gasteiger partial charge in [0, 0.05) is 5.56 Å². The highest BCUT2D eigenvalue weighted by Crippen LogP contribution is 2.34. The normalized spacial score (nSPS) is 13.9. The zero-order valence-electron chi connectivity index (χ0n) is 19.4. The summed E-state index contributed by atoms with van der Waals surface area (Å²) in [6.45, 7) is 6.88. The molecule has 3 aromatic rings. The molecular weight excluding hydrogens is 452 g/mol. The average molecular weight is 481 g/mol. The molecule has 1 heterocycles. The van der Waals surface area contributed by atoms with Crippen LogP contribution in [-0.4, -0.2) is 27.5 Å². The summed E-state index contributed by atoms with van der Waals surface area (Å²) in [5, 5.41) is 3.06. The number of aryl methyl sites for hydroxylation is 1. The Morgan fingerprint density at radius 2 is 1.59 bits per heavy atom. The third kappa shape index (κ3) is 5.17. The Hall–Kier alpha value is -3.52. The number of carbonyl (C=O) groups excluding carboxylic acids is 1. The van der Waals surface area contributed by atoms with Crippen molar-refractivity contribution >= 4 is 21.6 Å². The van der Waals surface area contributed by atoms with Gasteiger partial charge in [-0.2, -0.15) is 0 Å². The number of nitrogens with one attached hydrogen (secondary N) is 2. The zero-order chi connectivity index (χ0) is 24.3. The molecule has 1 aliphatic heterocycles. The first-order chi connectivity index (χ1) is 16.2. The van der Waals surface area contributed by atoms with Gasteiger partial charge in [0.1, 0.15) is 13.2 Å². The van der Waals surface area contributed by atoms with Gasteiger partial charge in [-0.3, -0.25) is 9.52 Å². The number of anilines is 1. The Bertz CT molecular complexity index is 1290. The number of rotatable bonds is 7. The standard InChI is InChI=1S/C26H28N2O5S/c1-17(2)25(20-10-13-23-24(16-20)33-15-14-32-23)27-26(29)19-8-11-21(12-9-19)34(30,31)28-22-7-5-4-6-18(22)3/h4-13,16-17,25,28H,14-15H2,1-3H3,(H,27,29). The molecule has 7 nitrogen and oxygen atoms in total. The van der Waals surface area contributed by atoms with Gasteiger partial charge in [-0.25, -0.2) is 8.42 Å². The van der Waals surface area contributed by atoms with E-state index in [1.165, 1.54) is 24.3 Å². The molecule has 1 unspecified atom stereocenters. The van der Waals surface area contributed by atoms with Crippen molar-refractivity contribution in [3.05, 3.63) is 83.4 Å². The van der Waals surface area contributed by atoms with Crippen molar-refractivity contribution in [2.45, 2.75) is 31.7 Å². The third-order valence-electron chi connectivity index (χ3n) is 5.69. The number of carbonyl (C=O) groups is 1. The first kappa shape index (κ1) is 23.6. The largest absolute Gasteiger partial charge is 0.486 e. The van der Waals surface area contributed by atoms with Crippen LogP contribution in [0.2, 0.25) is 0 Å². The zero-order valence-corrected chi connectivity index (χ0v) is 20.2. The average Bonchev–Trinajstić information content (AvgIpc) is 2.83. The highest BCUT2D eigenvalue weighted by Gasteiger charge is 2.23. The summed E-state index contributed by atoms with van der Waals surface area (Å²) in [5.74, 6) is 1.19. The van der Waals surface area contributed by atoms with Crippen LogP contribution in [0.1, 0.15) is 41.4 Å². The maximum absolute atomic E-state index is 13.0. The fourth-order valence-electron chi connectivity index (χ4n) is 3.79. The second-order valence-electron chi connectivity index (χ2n) is 8.54. The second kappa shape index (κ2) is 9.77. The molecule has 0 fully saturated rings. The van der Waals surface area contributed by atoms with Gasteiger partial charge in [0.05, 0.1) is 16.6 Å². The highest BCUT2D eigenvalue weighted by atomic mass is 32.2. The predicted molar refractivity (Wildman–Crippen MR) is 131 cm³/mol. The van der Waals surface area contributed by atoms with Gasteiger partial charge < -0.3 is 14.8 Å². The Morgan fingerprint density at radius 3 is 2.26 bits per heavy atom. The Kier molecular flexibility index (Phi) is 6.79. The number of sulfonamides is 1. The number of amides is 1. The molecule has 1 amide bonds. The molecule has 8 heteroatoms. The molecule has 0 saturated carbocycles. The van der Waals surface area contributed by atoms with E-state index in [-0.39, 0.29) is 22.8 Å². The molecule has 1 atom stereocenters.